The number of carbonyl (C=O) groups is 1. The third-order valence-corrected chi connectivity index (χ3v) is 5.35. The maximum Gasteiger partial charge on any atom is 0.225 e. The minimum absolute atomic E-state index is 0. The zero-order valence-electron chi connectivity index (χ0n) is 16.7. The highest BCUT2D eigenvalue weighted by Gasteiger charge is 2.32. The van der Waals surface area contributed by atoms with E-state index >= 15 is 0 Å². The highest BCUT2D eigenvalue weighted by atomic mass is 127. The summed E-state index contributed by atoms with van der Waals surface area (Å²) in [6.45, 7) is 3.53. The first-order valence-electron chi connectivity index (χ1n) is 10.1. The van der Waals surface area contributed by atoms with Gasteiger partial charge in [-0.1, -0.05) is 12.8 Å². The van der Waals surface area contributed by atoms with Crippen LogP contribution in [0.15, 0.2) is 27.8 Å². The minimum atomic E-state index is 0. The molecular formula is C20H33IN4O3. The Morgan fingerprint density at radius 2 is 2.18 bits per heavy atom. The van der Waals surface area contributed by atoms with Crippen LogP contribution < -0.4 is 10.6 Å². The molecule has 1 aliphatic carbocycles. The number of hydrogen-bond donors (Lipinski definition) is 2. The molecule has 8 heteroatoms. The monoisotopic (exact) mass is 504 g/mol. The second-order valence-corrected chi connectivity index (χ2v) is 7.37. The van der Waals surface area contributed by atoms with Gasteiger partial charge >= 0.3 is 0 Å². The van der Waals surface area contributed by atoms with Gasteiger partial charge in [0, 0.05) is 45.1 Å². The van der Waals surface area contributed by atoms with Crippen molar-refractivity contribution in [3.05, 3.63) is 24.2 Å². The van der Waals surface area contributed by atoms with Crippen LogP contribution >= 0.6 is 24.0 Å². The Hall–Kier alpha value is -1.29. The molecule has 1 saturated heterocycles. The molecule has 0 radical (unpaired) electrons. The van der Waals surface area contributed by atoms with Crippen molar-refractivity contribution < 1.29 is 13.9 Å². The van der Waals surface area contributed by atoms with Crippen molar-refractivity contribution >= 4 is 35.8 Å². The van der Waals surface area contributed by atoms with Crippen molar-refractivity contribution in [3.63, 3.8) is 0 Å². The van der Waals surface area contributed by atoms with Crippen molar-refractivity contribution in [1.29, 1.82) is 0 Å². The number of hydrogen-bond acceptors (Lipinski definition) is 4. The summed E-state index contributed by atoms with van der Waals surface area (Å²) >= 11 is 0. The van der Waals surface area contributed by atoms with E-state index in [4.69, 9.17) is 9.15 Å². The Morgan fingerprint density at radius 3 is 2.89 bits per heavy atom. The van der Waals surface area contributed by atoms with E-state index in [-0.39, 0.29) is 35.9 Å². The van der Waals surface area contributed by atoms with E-state index < -0.39 is 0 Å². The largest absolute Gasteiger partial charge is 0.469 e. The fraction of sp³-hybridized carbons (Fsp3) is 0.700. The van der Waals surface area contributed by atoms with Crippen LogP contribution in [-0.2, 0) is 16.0 Å². The van der Waals surface area contributed by atoms with Crippen LogP contribution in [0.2, 0.25) is 0 Å². The highest BCUT2D eigenvalue weighted by Crippen LogP contribution is 2.27. The summed E-state index contributed by atoms with van der Waals surface area (Å²) in [7, 11) is 1.68. The van der Waals surface area contributed by atoms with Gasteiger partial charge in [0.1, 0.15) is 5.76 Å². The van der Waals surface area contributed by atoms with Gasteiger partial charge in [-0.05, 0) is 31.4 Å². The van der Waals surface area contributed by atoms with Crippen molar-refractivity contribution in [2.45, 2.75) is 44.6 Å². The third kappa shape index (κ3) is 6.95. The summed E-state index contributed by atoms with van der Waals surface area (Å²) in [5.41, 5.74) is 0. The number of rotatable bonds is 8. The maximum atomic E-state index is 12.6. The zero-order chi connectivity index (χ0) is 18.9. The Balaban J connectivity index is 0.00000280. The van der Waals surface area contributed by atoms with Gasteiger partial charge in [-0.3, -0.25) is 9.79 Å². The van der Waals surface area contributed by atoms with Gasteiger partial charge in [-0.25, -0.2) is 0 Å². The second-order valence-electron chi connectivity index (χ2n) is 7.37. The number of guanidine groups is 1. The Labute approximate surface area is 184 Å². The van der Waals surface area contributed by atoms with Gasteiger partial charge in [0.25, 0.3) is 0 Å². The van der Waals surface area contributed by atoms with Crippen molar-refractivity contribution in [2.24, 2.45) is 10.9 Å². The number of nitrogens with zero attached hydrogens (tertiary/aromatic N) is 2. The average molecular weight is 504 g/mol. The van der Waals surface area contributed by atoms with Crippen LogP contribution in [0.25, 0.3) is 0 Å². The summed E-state index contributed by atoms with van der Waals surface area (Å²) in [4.78, 5) is 19.2. The molecule has 3 rings (SSSR count). The summed E-state index contributed by atoms with van der Waals surface area (Å²) < 4.78 is 10.5. The molecule has 1 saturated carbocycles. The van der Waals surface area contributed by atoms with E-state index in [1.807, 2.05) is 17.0 Å². The number of methoxy groups -OCH3 is 1. The number of carbonyl (C=O) groups excluding carboxylic acids is 1. The number of likely N-dealkylation sites (tertiary alicyclic amines) is 1. The lowest BCUT2D eigenvalue weighted by molar-refractivity contribution is -0.134. The number of nitrogens with one attached hydrogen (secondary N) is 2. The number of ether oxygens (including phenoxy) is 1. The number of halogens is 1. The SMILES string of the molecule is COCCN=C(NCCc1ccco1)NC1CCN(C(=O)C2CCCC2)C1.I. The van der Waals surface area contributed by atoms with Crippen molar-refractivity contribution in [3.8, 4) is 0 Å². The topological polar surface area (TPSA) is 79.1 Å². The van der Waals surface area contributed by atoms with Crippen LogP contribution in [0.3, 0.4) is 0 Å². The molecule has 0 aromatic carbocycles. The summed E-state index contributed by atoms with van der Waals surface area (Å²) in [5, 5.41) is 6.85. The molecule has 1 unspecified atom stereocenters. The van der Waals surface area contributed by atoms with Gasteiger partial charge in [0.05, 0.1) is 19.4 Å². The fourth-order valence-electron chi connectivity index (χ4n) is 3.86. The molecule has 1 aromatic heterocycles. The lowest BCUT2D eigenvalue weighted by Crippen LogP contribution is -2.46. The number of aliphatic imine (C=N–C) groups is 1. The summed E-state index contributed by atoms with van der Waals surface area (Å²) in [6.07, 6.45) is 7.97. The molecule has 1 aliphatic heterocycles. The molecule has 2 heterocycles. The van der Waals surface area contributed by atoms with Crippen molar-refractivity contribution in [2.75, 3.05) is 39.9 Å². The molecule has 1 aromatic rings. The van der Waals surface area contributed by atoms with Crippen LogP contribution in [0, 0.1) is 5.92 Å². The van der Waals surface area contributed by atoms with E-state index in [1.165, 1.54) is 12.8 Å². The molecule has 2 aliphatic rings. The molecule has 1 atom stereocenters. The molecule has 2 N–H and O–H groups in total. The van der Waals surface area contributed by atoms with Crippen LogP contribution in [-0.4, -0.2) is 62.7 Å². The quantitative estimate of drug-likeness (QED) is 0.246. The summed E-state index contributed by atoms with van der Waals surface area (Å²) in [5.74, 6) is 2.33. The third-order valence-electron chi connectivity index (χ3n) is 5.35. The molecule has 1 amide bonds. The first-order chi connectivity index (χ1) is 13.3. The predicted octanol–water partition coefficient (Wildman–Crippen LogP) is 2.41. The van der Waals surface area contributed by atoms with Gasteiger partial charge < -0.3 is 24.7 Å². The minimum Gasteiger partial charge on any atom is -0.469 e. The molecular weight excluding hydrogens is 471 g/mol. The number of amides is 1. The lowest BCUT2D eigenvalue weighted by Gasteiger charge is -2.21. The first-order valence-corrected chi connectivity index (χ1v) is 10.1. The van der Waals surface area contributed by atoms with E-state index in [0.29, 0.717) is 19.1 Å². The van der Waals surface area contributed by atoms with Crippen LogP contribution in [0.4, 0.5) is 0 Å². The van der Waals surface area contributed by atoms with Crippen LogP contribution in [0.1, 0.15) is 37.9 Å². The van der Waals surface area contributed by atoms with Gasteiger partial charge in [0.2, 0.25) is 5.91 Å². The zero-order valence-corrected chi connectivity index (χ0v) is 19.0. The van der Waals surface area contributed by atoms with Crippen molar-refractivity contribution in [1.82, 2.24) is 15.5 Å². The highest BCUT2D eigenvalue weighted by molar-refractivity contribution is 14.0. The molecule has 0 bridgehead atoms. The smallest absolute Gasteiger partial charge is 0.225 e. The fourth-order valence-corrected chi connectivity index (χ4v) is 3.86. The molecule has 158 valence electrons. The van der Waals surface area contributed by atoms with E-state index in [2.05, 4.69) is 15.6 Å². The Kier molecular flexibility index (Phi) is 10.1. The van der Waals surface area contributed by atoms with Gasteiger partial charge in [0.15, 0.2) is 5.96 Å². The van der Waals surface area contributed by atoms with E-state index in [9.17, 15) is 4.79 Å². The first kappa shape index (κ1) is 23.0. The van der Waals surface area contributed by atoms with Gasteiger partial charge in [-0.15, -0.1) is 24.0 Å². The normalized spacial score (nSPS) is 20.2. The van der Waals surface area contributed by atoms with Gasteiger partial charge in [-0.2, -0.15) is 0 Å². The van der Waals surface area contributed by atoms with Crippen LogP contribution in [0.5, 0.6) is 0 Å². The lowest BCUT2D eigenvalue weighted by atomic mass is 10.1. The molecule has 2 fully saturated rings. The Bertz CT molecular complexity index is 603. The standard InChI is InChI=1S/C20H32N4O3.HI/c1-26-14-11-22-20(21-10-8-18-7-4-13-27-18)23-17-9-12-24(15-17)19(25)16-5-2-3-6-16;/h4,7,13,16-17H,2-3,5-6,8-12,14-15H2,1H3,(H2,21,22,23);1H. The maximum absolute atomic E-state index is 12.6. The van der Waals surface area contributed by atoms with E-state index in [0.717, 1.165) is 57.0 Å². The molecule has 0 spiro atoms. The Morgan fingerprint density at radius 1 is 1.36 bits per heavy atom. The molecule has 7 nitrogen and oxygen atoms in total. The summed E-state index contributed by atoms with van der Waals surface area (Å²) in [6, 6.07) is 4.11. The number of furan rings is 1. The van der Waals surface area contributed by atoms with E-state index in [1.54, 1.807) is 13.4 Å². The second kappa shape index (κ2) is 12.3. The predicted molar refractivity (Wildman–Crippen MR) is 120 cm³/mol. The average Bonchev–Trinajstić information content (AvgIpc) is 3.43. The molecule has 28 heavy (non-hydrogen) atoms.